The van der Waals surface area contributed by atoms with Crippen molar-refractivity contribution in [3.63, 3.8) is 0 Å². The highest BCUT2D eigenvalue weighted by Crippen LogP contribution is 2.48. The van der Waals surface area contributed by atoms with E-state index >= 15 is 0 Å². The zero-order valence-electron chi connectivity index (χ0n) is 16.3. The number of aliphatic hydroxyl groups excluding tert-OH is 1. The van der Waals surface area contributed by atoms with Crippen LogP contribution in [0.1, 0.15) is 56.1 Å². The van der Waals surface area contributed by atoms with E-state index in [0.717, 1.165) is 44.9 Å². The molecule has 3 heteroatoms. The third-order valence-corrected chi connectivity index (χ3v) is 6.13. The van der Waals surface area contributed by atoms with Crippen molar-refractivity contribution in [3.05, 3.63) is 59.2 Å². The quantitative estimate of drug-likeness (QED) is 0.472. The van der Waals surface area contributed by atoms with Crippen LogP contribution in [-0.4, -0.2) is 22.3 Å². The molecule has 3 rings (SSSR count). The van der Waals surface area contributed by atoms with Gasteiger partial charge in [-0.3, -0.25) is 4.79 Å². The number of hydrogen-bond donors (Lipinski definition) is 2. The van der Waals surface area contributed by atoms with Crippen LogP contribution in [0, 0.1) is 24.7 Å². The second-order valence-electron chi connectivity index (χ2n) is 8.29. The van der Waals surface area contributed by atoms with E-state index in [4.69, 9.17) is 5.11 Å². The van der Waals surface area contributed by atoms with Crippen molar-refractivity contribution in [2.24, 2.45) is 17.8 Å². The van der Waals surface area contributed by atoms with Gasteiger partial charge in [0.05, 0.1) is 6.10 Å². The molecule has 0 spiro atoms. The molecule has 0 aromatic heterocycles. The van der Waals surface area contributed by atoms with Gasteiger partial charge in [0, 0.05) is 12.3 Å². The molecule has 0 amide bonds. The van der Waals surface area contributed by atoms with E-state index in [1.54, 1.807) is 0 Å². The minimum Gasteiger partial charge on any atom is -0.481 e. The summed E-state index contributed by atoms with van der Waals surface area (Å²) < 4.78 is 0. The van der Waals surface area contributed by atoms with E-state index in [9.17, 15) is 9.90 Å². The first-order chi connectivity index (χ1) is 13.0. The smallest absolute Gasteiger partial charge is 0.303 e. The number of allylic oxidation sites excluding steroid dienone is 3. The van der Waals surface area contributed by atoms with E-state index in [0.29, 0.717) is 11.8 Å². The normalized spacial score (nSPS) is 27.1. The summed E-state index contributed by atoms with van der Waals surface area (Å²) in [5, 5.41) is 19.2. The fourth-order valence-corrected chi connectivity index (χ4v) is 4.79. The van der Waals surface area contributed by atoms with Crippen molar-refractivity contribution in [1.29, 1.82) is 0 Å². The summed E-state index contributed by atoms with van der Waals surface area (Å²) >= 11 is 0. The summed E-state index contributed by atoms with van der Waals surface area (Å²) in [5.74, 6) is 0.595. The standard InChI is InChI=1S/C24H32O3/c1-17-7-6-10-18(13-17)8-2-4-11-21-22-15-19(9-3-5-12-24(26)27)14-20(22)16-23(21)25/h4,6-7,10-11,13-14,20-23,25H,2-3,5,8-9,12,15-16H2,1H3,(H,26,27)/t20?,21-,22?,23?/m1/s1. The molecule has 2 aliphatic rings. The highest BCUT2D eigenvalue weighted by Gasteiger charge is 2.42. The maximum Gasteiger partial charge on any atom is 0.303 e. The van der Waals surface area contributed by atoms with Crippen LogP contribution < -0.4 is 0 Å². The highest BCUT2D eigenvalue weighted by atomic mass is 16.4. The van der Waals surface area contributed by atoms with Gasteiger partial charge in [-0.15, -0.1) is 0 Å². The molecule has 0 aliphatic heterocycles. The maximum absolute atomic E-state index is 10.6. The van der Waals surface area contributed by atoms with E-state index in [-0.39, 0.29) is 18.4 Å². The molecule has 3 nitrogen and oxygen atoms in total. The third-order valence-electron chi connectivity index (χ3n) is 6.13. The molecule has 4 atom stereocenters. The molecule has 1 aromatic rings. The summed E-state index contributed by atoms with van der Waals surface area (Å²) in [6.45, 7) is 2.13. The van der Waals surface area contributed by atoms with Gasteiger partial charge < -0.3 is 10.2 Å². The summed E-state index contributed by atoms with van der Waals surface area (Å²) in [5.41, 5.74) is 4.15. The number of unbranched alkanes of at least 4 members (excludes halogenated alkanes) is 1. The molecule has 1 aromatic carbocycles. The SMILES string of the molecule is Cc1cccc(CCC=C[C@H]2C(O)CC3C=C(CCCCC(=O)O)CC32)c1. The molecular weight excluding hydrogens is 336 g/mol. The number of aliphatic hydroxyl groups is 1. The second kappa shape index (κ2) is 9.36. The number of aryl methyl sites for hydroxylation is 2. The van der Waals surface area contributed by atoms with Gasteiger partial charge in [0.2, 0.25) is 0 Å². The van der Waals surface area contributed by atoms with Gasteiger partial charge in [-0.1, -0.05) is 53.6 Å². The first kappa shape index (κ1) is 19.9. The van der Waals surface area contributed by atoms with Crippen molar-refractivity contribution in [1.82, 2.24) is 0 Å². The lowest BCUT2D eigenvalue weighted by Gasteiger charge is -2.18. The Hall–Kier alpha value is -1.87. The number of carboxylic acid groups (broad SMARTS) is 1. The van der Waals surface area contributed by atoms with Crippen LogP contribution in [-0.2, 0) is 11.2 Å². The van der Waals surface area contributed by atoms with Crippen molar-refractivity contribution in [3.8, 4) is 0 Å². The lowest BCUT2D eigenvalue weighted by molar-refractivity contribution is -0.137. The Morgan fingerprint density at radius 1 is 1.26 bits per heavy atom. The van der Waals surface area contributed by atoms with Gasteiger partial charge in [0.1, 0.15) is 0 Å². The second-order valence-corrected chi connectivity index (χ2v) is 8.29. The molecule has 0 saturated heterocycles. The number of aliphatic carboxylic acids is 1. The molecule has 2 aliphatic carbocycles. The molecule has 27 heavy (non-hydrogen) atoms. The minimum absolute atomic E-state index is 0.222. The number of fused-ring (bicyclic) bond motifs is 1. The average molecular weight is 369 g/mol. The largest absolute Gasteiger partial charge is 0.481 e. The molecule has 2 N–H and O–H groups in total. The number of rotatable bonds is 9. The molecule has 0 heterocycles. The number of carbonyl (C=O) groups is 1. The van der Waals surface area contributed by atoms with E-state index in [1.165, 1.54) is 16.7 Å². The van der Waals surface area contributed by atoms with Crippen LogP contribution >= 0.6 is 0 Å². The Morgan fingerprint density at radius 3 is 2.89 bits per heavy atom. The molecule has 1 saturated carbocycles. The van der Waals surface area contributed by atoms with Gasteiger partial charge >= 0.3 is 5.97 Å². The zero-order chi connectivity index (χ0) is 19.2. The van der Waals surface area contributed by atoms with Gasteiger partial charge in [0.25, 0.3) is 0 Å². The van der Waals surface area contributed by atoms with Crippen LogP contribution in [0.3, 0.4) is 0 Å². The molecular formula is C24H32O3. The average Bonchev–Trinajstić information content (AvgIpc) is 3.13. The molecule has 0 radical (unpaired) electrons. The van der Waals surface area contributed by atoms with Crippen LogP contribution in [0.15, 0.2) is 48.1 Å². The Morgan fingerprint density at radius 2 is 2.11 bits per heavy atom. The third kappa shape index (κ3) is 5.55. The van der Waals surface area contributed by atoms with Crippen molar-refractivity contribution >= 4 is 5.97 Å². The fraction of sp³-hybridized carbons (Fsp3) is 0.542. The highest BCUT2D eigenvalue weighted by molar-refractivity contribution is 5.66. The fourth-order valence-electron chi connectivity index (χ4n) is 4.79. The van der Waals surface area contributed by atoms with Gasteiger partial charge in [0.15, 0.2) is 0 Å². The summed E-state index contributed by atoms with van der Waals surface area (Å²) in [4.78, 5) is 10.6. The van der Waals surface area contributed by atoms with E-state index in [2.05, 4.69) is 49.4 Å². The van der Waals surface area contributed by atoms with E-state index in [1.807, 2.05) is 0 Å². The Kier molecular flexibility index (Phi) is 6.89. The molecule has 1 fully saturated rings. The lowest BCUT2D eigenvalue weighted by Crippen LogP contribution is -2.17. The summed E-state index contributed by atoms with van der Waals surface area (Å²) in [6, 6.07) is 8.66. The van der Waals surface area contributed by atoms with Gasteiger partial charge in [-0.05, 0) is 69.3 Å². The van der Waals surface area contributed by atoms with Crippen molar-refractivity contribution in [2.45, 2.75) is 64.4 Å². The maximum atomic E-state index is 10.6. The van der Waals surface area contributed by atoms with Crippen LogP contribution in [0.4, 0.5) is 0 Å². The monoisotopic (exact) mass is 368 g/mol. The predicted octanol–water partition coefficient (Wildman–Crippen LogP) is 5.07. The number of benzene rings is 1. The topological polar surface area (TPSA) is 57.5 Å². The zero-order valence-corrected chi connectivity index (χ0v) is 16.3. The lowest BCUT2D eigenvalue weighted by atomic mass is 9.88. The number of hydrogen-bond acceptors (Lipinski definition) is 2. The van der Waals surface area contributed by atoms with Gasteiger partial charge in [-0.2, -0.15) is 0 Å². The van der Waals surface area contributed by atoms with Crippen LogP contribution in [0.25, 0.3) is 0 Å². The summed E-state index contributed by atoms with van der Waals surface area (Å²) in [7, 11) is 0. The Labute approximate surface area is 162 Å². The van der Waals surface area contributed by atoms with Crippen LogP contribution in [0.5, 0.6) is 0 Å². The van der Waals surface area contributed by atoms with Crippen molar-refractivity contribution in [2.75, 3.05) is 0 Å². The van der Waals surface area contributed by atoms with Crippen molar-refractivity contribution < 1.29 is 15.0 Å². The Balaban J connectivity index is 1.46. The Bertz CT molecular complexity index is 703. The van der Waals surface area contributed by atoms with Gasteiger partial charge in [-0.25, -0.2) is 0 Å². The van der Waals surface area contributed by atoms with Crippen LogP contribution in [0.2, 0.25) is 0 Å². The molecule has 3 unspecified atom stereocenters. The first-order valence-corrected chi connectivity index (χ1v) is 10.3. The predicted molar refractivity (Wildman–Crippen MR) is 109 cm³/mol. The molecule has 146 valence electrons. The van der Waals surface area contributed by atoms with E-state index < -0.39 is 5.97 Å². The first-order valence-electron chi connectivity index (χ1n) is 10.3. The minimum atomic E-state index is -0.703. The summed E-state index contributed by atoms with van der Waals surface area (Å²) in [6.07, 6.45) is 13.7. The number of carboxylic acids is 1. The molecule has 0 bridgehead atoms.